The number of benzene rings is 2. The number of aliphatic hydroxyl groups excluding tert-OH is 1. The van der Waals surface area contributed by atoms with Gasteiger partial charge in [0.25, 0.3) is 0 Å². The fourth-order valence-electron chi connectivity index (χ4n) is 4.88. The van der Waals surface area contributed by atoms with Crippen molar-refractivity contribution in [2.45, 2.75) is 71.0 Å². The van der Waals surface area contributed by atoms with Crippen molar-refractivity contribution in [1.29, 1.82) is 0 Å². The van der Waals surface area contributed by atoms with E-state index in [2.05, 4.69) is 12.1 Å². The van der Waals surface area contributed by atoms with E-state index in [1.54, 1.807) is 33.9 Å². The van der Waals surface area contributed by atoms with Gasteiger partial charge in [-0.3, -0.25) is 9.69 Å². The normalized spacial score (nSPS) is 20.8. The fourth-order valence-corrected chi connectivity index (χ4v) is 4.88. The number of methoxy groups -OCH3 is 1. The molecule has 2 unspecified atom stereocenters. The van der Waals surface area contributed by atoms with Gasteiger partial charge in [0.1, 0.15) is 29.7 Å². The van der Waals surface area contributed by atoms with Crippen molar-refractivity contribution in [3.63, 3.8) is 0 Å². The number of carbonyl (C=O) groups excluding carboxylic acids is 2. The molecule has 2 heterocycles. The molecule has 9 nitrogen and oxygen atoms in total. The first-order valence-electron chi connectivity index (χ1n) is 13.6. The third kappa shape index (κ3) is 7.64. The largest absolute Gasteiger partial charge is 0.497 e. The molecule has 2 aromatic carbocycles. The molecule has 2 aliphatic heterocycles. The summed E-state index contributed by atoms with van der Waals surface area (Å²) in [4.78, 5) is 30.1. The molecule has 0 saturated carbocycles. The zero-order valence-corrected chi connectivity index (χ0v) is 23.5. The minimum Gasteiger partial charge on any atom is -0.497 e. The van der Waals surface area contributed by atoms with Crippen LogP contribution < -0.4 is 9.47 Å². The van der Waals surface area contributed by atoms with Crippen molar-refractivity contribution >= 4 is 12.0 Å². The van der Waals surface area contributed by atoms with Crippen molar-refractivity contribution in [2.75, 3.05) is 33.4 Å². The summed E-state index contributed by atoms with van der Waals surface area (Å²) in [5, 5.41) is 9.64. The predicted octanol–water partition coefficient (Wildman–Crippen LogP) is 4.63. The van der Waals surface area contributed by atoms with E-state index < -0.39 is 18.0 Å². The predicted molar refractivity (Wildman–Crippen MR) is 146 cm³/mol. The van der Waals surface area contributed by atoms with Gasteiger partial charge >= 0.3 is 6.09 Å². The Hall–Kier alpha value is -3.30. The van der Waals surface area contributed by atoms with Gasteiger partial charge in [-0.25, -0.2) is 4.79 Å². The molecule has 0 aromatic heterocycles. The number of hydrogen-bond acceptors (Lipinski definition) is 7. The first kappa shape index (κ1) is 28.7. The second-order valence-electron chi connectivity index (χ2n) is 11.0. The average Bonchev–Trinajstić information content (AvgIpc) is 3.65. The third-order valence-corrected chi connectivity index (χ3v) is 6.87. The van der Waals surface area contributed by atoms with Gasteiger partial charge in [0.2, 0.25) is 5.91 Å². The Bertz CT molecular complexity index is 1160. The van der Waals surface area contributed by atoms with Crippen LogP contribution in [-0.2, 0) is 20.8 Å². The minimum absolute atomic E-state index is 0.110. The molecule has 2 saturated heterocycles. The van der Waals surface area contributed by atoms with E-state index in [4.69, 9.17) is 18.9 Å². The smallest absolute Gasteiger partial charge is 0.411 e. The Kier molecular flexibility index (Phi) is 9.02. The van der Waals surface area contributed by atoms with Crippen molar-refractivity contribution in [3.8, 4) is 11.5 Å². The van der Waals surface area contributed by atoms with Crippen LogP contribution in [-0.4, -0.2) is 72.1 Å². The standard InChI is InChI=1S/C30H40N2O7/c1-6-37-25-16-24(36-5)13-12-23(25)18-32(29(35)39-30(2,3)4)19-26(33)31-14-8-11-22(17-31)20-9-7-10-21(15-20)27-28(34)38-27/h7,9-10,12-13,15-16,22,27-28,34H,6,8,11,14,17-19H2,1-5H3/t22-,27?,28?/m0/s1. The number of aliphatic hydroxyl groups is 1. The molecule has 2 amide bonds. The van der Waals surface area contributed by atoms with Crippen LogP contribution in [0.5, 0.6) is 11.5 Å². The zero-order valence-electron chi connectivity index (χ0n) is 23.5. The molecule has 2 fully saturated rings. The lowest BCUT2D eigenvalue weighted by Gasteiger charge is -2.35. The molecule has 0 aliphatic carbocycles. The Labute approximate surface area is 230 Å². The first-order chi connectivity index (χ1) is 18.6. The lowest BCUT2D eigenvalue weighted by atomic mass is 9.89. The molecule has 9 heteroatoms. The van der Waals surface area contributed by atoms with E-state index in [1.165, 1.54) is 4.90 Å². The van der Waals surface area contributed by atoms with Gasteiger partial charge in [-0.1, -0.05) is 24.3 Å². The van der Waals surface area contributed by atoms with Gasteiger partial charge in [0.15, 0.2) is 6.29 Å². The molecule has 1 N–H and O–H groups in total. The maximum atomic E-state index is 13.6. The summed E-state index contributed by atoms with van der Waals surface area (Å²) in [5.41, 5.74) is 2.12. The molecule has 212 valence electrons. The van der Waals surface area contributed by atoms with E-state index in [9.17, 15) is 14.7 Å². The van der Waals surface area contributed by atoms with Gasteiger partial charge in [-0.2, -0.15) is 0 Å². The summed E-state index contributed by atoms with van der Waals surface area (Å²) in [6.07, 6.45) is 0.257. The van der Waals surface area contributed by atoms with Gasteiger partial charge in [-0.15, -0.1) is 0 Å². The Morgan fingerprint density at radius 1 is 1.15 bits per heavy atom. The number of hydrogen-bond donors (Lipinski definition) is 1. The number of rotatable bonds is 9. The second-order valence-corrected chi connectivity index (χ2v) is 11.0. The number of likely N-dealkylation sites (tertiary alicyclic amines) is 1. The lowest BCUT2D eigenvalue weighted by molar-refractivity contribution is -0.133. The molecule has 2 aromatic rings. The first-order valence-corrected chi connectivity index (χ1v) is 13.6. The second kappa shape index (κ2) is 12.3. The molecule has 0 spiro atoms. The van der Waals surface area contributed by atoms with Crippen LogP contribution in [0.2, 0.25) is 0 Å². The Morgan fingerprint density at radius 2 is 1.90 bits per heavy atom. The minimum atomic E-state index is -0.738. The number of nitrogens with zero attached hydrogens (tertiary/aromatic N) is 2. The van der Waals surface area contributed by atoms with E-state index in [-0.39, 0.29) is 31.0 Å². The lowest BCUT2D eigenvalue weighted by Crippen LogP contribution is -2.47. The highest BCUT2D eigenvalue weighted by atomic mass is 16.7. The van der Waals surface area contributed by atoms with Crippen LogP contribution in [0, 0.1) is 0 Å². The summed E-state index contributed by atoms with van der Waals surface area (Å²) in [7, 11) is 1.58. The fraction of sp³-hybridized carbons (Fsp3) is 0.533. The van der Waals surface area contributed by atoms with Gasteiger partial charge in [0.05, 0.1) is 20.3 Å². The van der Waals surface area contributed by atoms with Crippen molar-refractivity contribution in [1.82, 2.24) is 9.80 Å². The van der Waals surface area contributed by atoms with Crippen molar-refractivity contribution in [2.24, 2.45) is 0 Å². The van der Waals surface area contributed by atoms with Gasteiger partial charge in [-0.05, 0) is 63.8 Å². The van der Waals surface area contributed by atoms with Crippen molar-refractivity contribution < 1.29 is 33.6 Å². The number of ether oxygens (including phenoxy) is 4. The van der Waals surface area contributed by atoms with Gasteiger partial charge in [0, 0.05) is 30.6 Å². The number of piperidine rings is 1. The number of carbonyl (C=O) groups is 2. The van der Waals surface area contributed by atoms with E-state index in [0.717, 1.165) is 29.5 Å². The Balaban J connectivity index is 1.49. The number of epoxide rings is 1. The maximum absolute atomic E-state index is 13.6. The summed E-state index contributed by atoms with van der Waals surface area (Å²) < 4.78 is 22.0. The third-order valence-electron chi connectivity index (χ3n) is 6.87. The van der Waals surface area contributed by atoms with Crippen molar-refractivity contribution in [3.05, 3.63) is 59.2 Å². The highest BCUT2D eigenvalue weighted by Crippen LogP contribution is 2.38. The van der Waals surface area contributed by atoms with E-state index in [1.807, 2.05) is 36.1 Å². The molecule has 0 radical (unpaired) electrons. The molecule has 0 bridgehead atoms. The number of amides is 2. The highest BCUT2D eigenvalue weighted by molar-refractivity contribution is 5.82. The topological polar surface area (TPSA) is 101 Å². The van der Waals surface area contributed by atoms with Crippen LogP contribution in [0.1, 0.15) is 69.2 Å². The maximum Gasteiger partial charge on any atom is 0.411 e. The molecule has 39 heavy (non-hydrogen) atoms. The average molecular weight is 541 g/mol. The molecular weight excluding hydrogens is 500 g/mol. The highest BCUT2D eigenvalue weighted by Gasteiger charge is 2.39. The molecular formula is C30H40N2O7. The summed E-state index contributed by atoms with van der Waals surface area (Å²) in [6.45, 7) is 9.00. The van der Waals surface area contributed by atoms with E-state index in [0.29, 0.717) is 31.2 Å². The van der Waals surface area contributed by atoms with Crippen LogP contribution in [0.4, 0.5) is 4.79 Å². The molecule has 2 aliphatic rings. The Morgan fingerprint density at radius 3 is 2.56 bits per heavy atom. The van der Waals surface area contributed by atoms with E-state index >= 15 is 0 Å². The monoisotopic (exact) mass is 540 g/mol. The van der Waals surface area contributed by atoms with Crippen LogP contribution in [0.15, 0.2) is 42.5 Å². The summed E-state index contributed by atoms with van der Waals surface area (Å²) in [6, 6.07) is 13.5. The van der Waals surface area contributed by atoms with Gasteiger partial charge < -0.3 is 29.0 Å². The summed E-state index contributed by atoms with van der Waals surface area (Å²) >= 11 is 0. The zero-order chi connectivity index (χ0) is 28.2. The van der Waals surface area contributed by atoms with Crippen LogP contribution in [0.3, 0.4) is 0 Å². The SMILES string of the molecule is CCOc1cc(OC)ccc1CN(CC(=O)N1CCC[C@H](c2cccc(C3OC3O)c2)C1)C(=O)OC(C)(C)C. The summed E-state index contributed by atoms with van der Waals surface area (Å²) in [5.74, 6) is 1.28. The quantitative estimate of drug-likeness (QED) is 0.463. The van der Waals surface area contributed by atoms with Crippen LogP contribution in [0.25, 0.3) is 0 Å². The molecule has 3 atom stereocenters. The molecule has 4 rings (SSSR count). The van der Waals surface area contributed by atoms with Crippen LogP contribution >= 0.6 is 0 Å².